The van der Waals surface area contributed by atoms with E-state index in [-0.39, 0.29) is 11.7 Å². The summed E-state index contributed by atoms with van der Waals surface area (Å²) in [4.78, 5) is 35.5. The fraction of sp³-hybridized carbons (Fsp3) is 0.474. The van der Waals surface area contributed by atoms with Gasteiger partial charge in [-0.1, -0.05) is 32.4 Å². The standard InChI is InChI=1S/C19H28N4O5/c1-6-12(2)15(22-18(26)28-19(3,4)5)16(24)27-14-10-8-7-9-13(14)11-21-23-17(20)25/h7-12,15H,6H2,1-5H3,(H,22,26)(H3,20,23,25)/b21-11+/t12-,15-/m0/s1. The van der Waals surface area contributed by atoms with E-state index in [1.807, 2.05) is 13.8 Å². The van der Waals surface area contributed by atoms with Crippen molar-refractivity contribution in [3.63, 3.8) is 0 Å². The second kappa shape index (κ2) is 10.3. The zero-order valence-corrected chi connectivity index (χ0v) is 16.8. The van der Waals surface area contributed by atoms with E-state index in [0.717, 1.165) is 0 Å². The SMILES string of the molecule is CC[C@H](C)[C@H](NC(=O)OC(C)(C)C)C(=O)Oc1ccccc1/C=N/NC(N)=O. The van der Waals surface area contributed by atoms with Crippen LogP contribution in [-0.2, 0) is 9.53 Å². The van der Waals surface area contributed by atoms with Gasteiger partial charge in [-0.3, -0.25) is 0 Å². The molecule has 1 aromatic carbocycles. The predicted molar refractivity (Wildman–Crippen MR) is 105 cm³/mol. The summed E-state index contributed by atoms with van der Waals surface area (Å²) in [6, 6.07) is 4.91. The molecule has 0 aliphatic heterocycles. The van der Waals surface area contributed by atoms with Crippen LogP contribution in [0.1, 0.15) is 46.6 Å². The first-order valence-corrected chi connectivity index (χ1v) is 8.92. The van der Waals surface area contributed by atoms with Crippen LogP contribution in [0.2, 0.25) is 0 Å². The van der Waals surface area contributed by atoms with Gasteiger partial charge in [0.25, 0.3) is 0 Å². The number of carbonyl (C=O) groups is 3. The van der Waals surface area contributed by atoms with Crippen LogP contribution < -0.4 is 21.2 Å². The third-order valence-electron chi connectivity index (χ3n) is 3.65. The Morgan fingerprint density at radius 1 is 1.25 bits per heavy atom. The number of carbonyl (C=O) groups excluding carboxylic acids is 3. The van der Waals surface area contributed by atoms with Gasteiger partial charge in [-0.15, -0.1) is 0 Å². The molecule has 0 aromatic heterocycles. The zero-order valence-electron chi connectivity index (χ0n) is 16.8. The summed E-state index contributed by atoms with van der Waals surface area (Å²) >= 11 is 0. The molecule has 0 unspecified atom stereocenters. The first-order chi connectivity index (χ1) is 13.0. The van der Waals surface area contributed by atoms with E-state index in [4.69, 9.17) is 15.2 Å². The third-order valence-corrected chi connectivity index (χ3v) is 3.65. The number of hydrazone groups is 1. The van der Waals surface area contributed by atoms with E-state index in [9.17, 15) is 14.4 Å². The molecule has 4 N–H and O–H groups in total. The lowest BCUT2D eigenvalue weighted by molar-refractivity contribution is -0.138. The molecule has 0 aliphatic carbocycles. The number of esters is 1. The fourth-order valence-electron chi connectivity index (χ4n) is 2.12. The van der Waals surface area contributed by atoms with Gasteiger partial charge in [-0.25, -0.2) is 19.8 Å². The maximum atomic E-state index is 12.7. The molecule has 0 aliphatic rings. The van der Waals surface area contributed by atoms with Gasteiger partial charge in [0.1, 0.15) is 17.4 Å². The molecular formula is C19H28N4O5. The molecule has 0 fully saturated rings. The minimum atomic E-state index is -0.895. The Morgan fingerprint density at radius 2 is 1.89 bits per heavy atom. The van der Waals surface area contributed by atoms with Crippen molar-refractivity contribution in [3.05, 3.63) is 29.8 Å². The largest absolute Gasteiger partial charge is 0.444 e. The number of amides is 3. The molecular weight excluding hydrogens is 364 g/mol. The molecule has 9 heteroatoms. The highest BCUT2D eigenvalue weighted by Gasteiger charge is 2.30. The Hall–Kier alpha value is -3.10. The van der Waals surface area contributed by atoms with Crippen LogP contribution >= 0.6 is 0 Å². The van der Waals surface area contributed by atoms with Crippen molar-refractivity contribution < 1.29 is 23.9 Å². The quantitative estimate of drug-likeness (QED) is 0.284. The number of urea groups is 1. The van der Waals surface area contributed by atoms with Gasteiger partial charge in [0.05, 0.1) is 6.21 Å². The molecule has 2 atom stereocenters. The number of benzene rings is 1. The maximum absolute atomic E-state index is 12.7. The fourth-order valence-corrected chi connectivity index (χ4v) is 2.12. The van der Waals surface area contributed by atoms with E-state index >= 15 is 0 Å². The lowest BCUT2D eigenvalue weighted by atomic mass is 9.99. The molecule has 1 aromatic rings. The van der Waals surface area contributed by atoms with Crippen molar-refractivity contribution in [1.82, 2.24) is 10.7 Å². The van der Waals surface area contributed by atoms with Crippen molar-refractivity contribution in [2.75, 3.05) is 0 Å². The average Bonchev–Trinajstić information content (AvgIpc) is 2.58. The Kier molecular flexibility index (Phi) is 8.43. The molecule has 0 heterocycles. The topological polar surface area (TPSA) is 132 Å². The second-order valence-electron chi connectivity index (χ2n) is 7.20. The van der Waals surface area contributed by atoms with E-state index in [1.165, 1.54) is 6.21 Å². The van der Waals surface area contributed by atoms with Crippen molar-refractivity contribution >= 4 is 24.3 Å². The monoisotopic (exact) mass is 392 g/mol. The van der Waals surface area contributed by atoms with Crippen molar-refractivity contribution in [2.24, 2.45) is 16.8 Å². The molecule has 28 heavy (non-hydrogen) atoms. The van der Waals surface area contributed by atoms with Gasteiger partial charge < -0.3 is 20.5 Å². The Bertz CT molecular complexity index is 727. The highest BCUT2D eigenvalue weighted by molar-refractivity contribution is 5.88. The van der Waals surface area contributed by atoms with Gasteiger partial charge in [-0.05, 0) is 38.8 Å². The highest BCUT2D eigenvalue weighted by Crippen LogP contribution is 2.19. The van der Waals surface area contributed by atoms with Crippen LogP contribution in [0, 0.1) is 5.92 Å². The predicted octanol–water partition coefficient (Wildman–Crippen LogP) is 2.53. The second-order valence-corrected chi connectivity index (χ2v) is 7.20. The first-order valence-electron chi connectivity index (χ1n) is 8.92. The molecule has 0 radical (unpaired) electrons. The number of para-hydroxylation sites is 1. The Balaban J connectivity index is 2.95. The van der Waals surface area contributed by atoms with Crippen molar-refractivity contribution in [2.45, 2.75) is 52.7 Å². The van der Waals surface area contributed by atoms with Crippen molar-refractivity contribution in [3.8, 4) is 5.75 Å². The van der Waals surface area contributed by atoms with Crippen molar-refractivity contribution in [1.29, 1.82) is 0 Å². The van der Waals surface area contributed by atoms with Crippen LogP contribution in [0.25, 0.3) is 0 Å². The minimum absolute atomic E-state index is 0.183. The summed E-state index contributed by atoms with van der Waals surface area (Å²) in [6.45, 7) is 8.93. The van der Waals surface area contributed by atoms with Gasteiger partial charge in [-0.2, -0.15) is 5.10 Å². The summed E-state index contributed by atoms with van der Waals surface area (Å²) in [6.07, 6.45) is 1.24. The minimum Gasteiger partial charge on any atom is -0.444 e. The van der Waals surface area contributed by atoms with Crippen LogP contribution in [-0.4, -0.2) is 36.0 Å². The Morgan fingerprint density at radius 3 is 2.46 bits per heavy atom. The van der Waals surface area contributed by atoms with Crippen LogP contribution in [0.5, 0.6) is 5.75 Å². The molecule has 0 saturated carbocycles. The average molecular weight is 392 g/mol. The molecule has 1 rings (SSSR count). The van der Waals surface area contributed by atoms with Gasteiger partial charge >= 0.3 is 18.1 Å². The number of alkyl carbamates (subject to hydrolysis) is 1. The number of nitrogens with one attached hydrogen (secondary N) is 2. The van der Waals surface area contributed by atoms with Gasteiger partial charge in [0.15, 0.2) is 0 Å². The summed E-state index contributed by atoms with van der Waals surface area (Å²) in [7, 11) is 0. The summed E-state index contributed by atoms with van der Waals surface area (Å²) < 4.78 is 10.7. The number of hydrogen-bond donors (Lipinski definition) is 3. The summed E-state index contributed by atoms with van der Waals surface area (Å²) in [5, 5.41) is 6.24. The number of hydrogen-bond acceptors (Lipinski definition) is 6. The molecule has 9 nitrogen and oxygen atoms in total. The molecule has 0 saturated heterocycles. The smallest absolute Gasteiger partial charge is 0.408 e. The molecule has 0 bridgehead atoms. The number of rotatable bonds is 7. The van der Waals surface area contributed by atoms with Gasteiger partial charge in [0.2, 0.25) is 0 Å². The van der Waals surface area contributed by atoms with E-state index in [0.29, 0.717) is 12.0 Å². The number of ether oxygens (including phenoxy) is 2. The normalized spacial score (nSPS) is 13.5. The van der Waals surface area contributed by atoms with E-state index < -0.39 is 29.7 Å². The summed E-state index contributed by atoms with van der Waals surface area (Å²) in [5.41, 5.74) is 6.78. The lowest BCUT2D eigenvalue weighted by Gasteiger charge is -2.25. The first kappa shape index (κ1) is 22.9. The van der Waals surface area contributed by atoms with E-state index in [1.54, 1.807) is 45.0 Å². The highest BCUT2D eigenvalue weighted by atomic mass is 16.6. The number of primary amides is 1. The molecule has 154 valence electrons. The van der Waals surface area contributed by atoms with Crippen LogP contribution in [0.3, 0.4) is 0 Å². The van der Waals surface area contributed by atoms with Crippen LogP contribution in [0.15, 0.2) is 29.4 Å². The molecule has 0 spiro atoms. The van der Waals surface area contributed by atoms with E-state index in [2.05, 4.69) is 15.8 Å². The maximum Gasteiger partial charge on any atom is 0.408 e. The van der Waals surface area contributed by atoms with Gasteiger partial charge in [0, 0.05) is 5.56 Å². The Labute approximate surface area is 164 Å². The third kappa shape index (κ3) is 8.07. The summed E-state index contributed by atoms with van der Waals surface area (Å²) in [5.74, 6) is -0.594. The zero-order chi connectivity index (χ0) is 21.3. The number of nitrogens with zero attached hydrogens (tertiary/aromatic N) is 1. The number of nitrogens with two attached hydrogens (primary N) is 1. The van der Waals surface area contributed by atoms with Crippen LogP contribution in [0.4, 0.5) is 9.59 Å². The lowest BCUT2D eigenvalue weighted by Crippen LogP contribution is -2.48. The molecule has 3 amide bonds.